The van der Waals surface area contributed by atoms with Gasteiger partial charge in [-0.15, -0.1) is 0 Å². The average Bonchev–Trinajstić information content (AvgIpc) is 2.99. The van der Waals surface area contributed by atoms with Crippen molar-refractivity contribution in [1.82, 2.24) is 4.90 Å². The Morgan fingerprint density at radius 2 is 1.83 bits per heavy atom. The van der Waals surface area contributed by atoms with Crippen LogP contribution in [-0.4, -0.2) is 46.7 Å². The molecule has 2 aromatic carbocycles. The molecule has 0 saturated carbocycles. The first-order valence-corrected chi connectivity index (χ1v) is 10.4. The Hall–Kier alpha value is -3.26. The van der Waals surface area contributed by atoms with Crippen molar-refractivity contribution in [3.05, 3.63) is 59.0 Å². The Labute approximate surface area is 179 Å². The second-order valence-electron chi connectivity index (χ2n) is 6.60. The summed E-state index contributed by atoms with van der Waals surface area (Å²) in [5.74, 6) is -0.996. The van der Waals surface area contributed by atoms with Crippen LogP contribution in [0.25, 0.3) is 6.08 Å². The summed E-state index contributed by atoms with van der Waals surface area (Å²) >= 11 is 0.750. The molecular weight excluding hydrogens is 402 g/mol. The third kappa shape index (κ3) is 4.83. The Kier molecular flexibility index (Phi) is 6.79. The summed E-state index contributed by atoms with van der Waals surface area (Å²) in [4.78, 5) is 40.2. The van der Waals surface area contributed by atoms with Crippen molar-refractivity contribution in [3.8, 4) is 5.75 Å². The summed E-state index contributed by atoms with van der Waals surface area (Å²) in [5.41, 5.74) is 1.90. The number of benzene rings is 2. The topological polar surface area (TPSA) is 90.0 Å². The standard InChI is InChI=1S/C22H23N3O4S/c1-3-24(4-2)17-11-10-15(18(26)13-17)12-19-21(28)25(22(29)30-19)14-20(27)23-16-8-6-5-7-9-16/h5-13,26H,3-4,14H2,1-2H3,(H,23,27)/b19-12-. The molecule has 3 amide bonds. The molecule has 0 atom stereocenters. The van der Waals surface area contributed by atoms with Gasteiger partial charge in [0.15, 0.2) is 0 Å². The van der Waals surface area contributed by atoms with Gasteiger partial charge in [0.25, 0.3) is 11.1 Å². The number of nitrogens with one attached hydrogen (secondary N) is 1. The van der Waals surface area contributed by atoms with E-state index in [1.165, 1.54) is 6.08 Å². The molecule has 0 unspecified atom stereocenters. The van der Waals surface area contributed by atoms with Crippen LogP contribution in [0.4, 0.5) is 16.2 Å². The lowest BCUT2D eigenvalue weighted by atomic mass is 10.1. The van der Waals surface area contributed by atoms with Crippen molar-refractivity contribution in [2.75, 3.05) is 29.9 Å². The Morgan fingerprint density at radius 3 is 2.47 bits per heavy atom. The van der Waals surface area contributed by atoms with Crippen LogP contribution in [0.2, 0.25) is 0 Å². The second kappa shape index (κ2) is 9.49. The van der Waals surface area contributed by atoms with Crippen LogP contribution < -0.4 is 10.2 Å². The molecule has 7 nitrogen and oxygen atoms in total. The molecule has 0 spiro atoms. The second-order valence-corrected chi connectivity index (χ2v) is 7.59. The molecule has 2 N–H and O–H groups in total. The molecular formula is C22H23N3O4S. The smallest absolute Gasteiger partial charge is 0.294 e. The first-order valence-electron chi connectivity index (χ1n) is 9.61. The molecule has 0 radical (unpaired) electrons. The van der Waals surface area contributed by atoms with Crippen molar-refractivity contribution >= 4 is 46.3 Å². The Balaban J connectivity index is 1.72. The van der Waals surface area contributed by atoms with Crippen molar-refractivity contribution in [1.29, 1.82) is 0 Å². The van der Waals surface area contributed by atoms with E-state index in [2.05, 4.69) is 10.2 Å². The monoisotopic (exact) mass is 425 g/mol. The van der Waals surface area contributed by atoms with Gasteiger partial charge in [-0.05, 0) is 56.0 Å². The van der Waals surface area contributed by atoms with E-state index in [-0.39, 0.29) is 17.2 Å². The zero-order valence-electron chi connectivity index (χ0n) is 16.8. The van der Waals surface area contributed by atoms with Crippen molar-refractivity contribution in [2.24, 2.45) is 0 Å². The van der Waals surface area contributed by atoms with Crippen LogP contribution in [0.3, 0.4) is 0 Å². The fourth-order valence-corrected chi connectivity index (χ4v) is 3.91. The molecule has 0 aromatic heterocycles. The number of thioether (sulfide) groups is 1. The molecule has 2 aromatic rings. The van der Waals surface area contributed by atoms with Crippen molar-refractivity contribution in [3.63, 3.8) is 0 Å². The summed E-state index contributed by atoms with van der Waals surface area (Å²) < 4.78 is 0. The quantitative estimate of drug-likeness (QED) is 0.654. The number of hydrogen-bond acceptors (Lipinski definition) is 6. The summed E-state index contributed by atoms with van der Waals surface area (Å²) in [6, 6.07) is 14.0. The minimum Gasteiger partial charge on any atom is -0.507 e. The number of amides is 3. The van der Waals surface area contributed by atoms with Gasteiger partial charge in [0, 0.05) is 36.1 Å². The molecule has 1 fully saturated rings. The highest BCUT2D eigenvalue weighted by Crippen LogP contribution is 2.34. The van der Waals surface area contributed by atoms with E-state index in [1.807, 2.05) is 26.0 Å². The Bertz CT molecular complexity index is 987. The number of carbonyl (C=O) groups excluding carboxylic acids is 3. The molecule has 1 aliphatic heterocycles. The van der Waals surface area contributed by atoms with E-state index >= 15 is 0 Å². The lowest BCUT2D eigenvalue weighted by Crippen LogP contribution is -2.36. The van der Waals surface area contributed by atoms with E-state index in [9.17, 15) is 19.5 Å². The molecule has 1 aliphatic rings. The van der Waals surface area contributed by atoms with Crippen molar-refractivity contribution in [2.45, 2.75) is 13.8 Å². The van der Waals surface area contributed by atoms with Gasteiger partial charge < -0.3 is 15.3 Å². The third-order valence-corrected chi connectivity index (χ3v) is 5.57. The maximum absolute atomic E-state index is 12.6. The molecule has 1 heterocycles. The number of phenolic OH excluding ortho intramolecular Hbond substituents is 1. The largest absolute Gasteiger partial charge is 0.507 e. The number of anilines is 2. The zero-order chi connectivity index (χ0) is 21.7. The van der Waals surface area contributed by atoms with Crippen LogP contribution in [0.1, 0.15) is 19.4 Å². The number of hydrogen-bond donors (Lipinski definition) is 2. The number of rotatable bonds is 7. The third-order valence-electron chi connectivity index (χ3n) is 4.66. The van der Waals surface area contributed by atoms with E-state index in [1.54, 1.807) is 36.4 Å². The minimum atomic E-state index is -0.555. The summed E-state index contributed by atoms with van der Waals surface area (Å²) in [6.07, 6.45) is 1.47. The van der Waals surface area contributed by atoms with Crippen LogP contribution in [0.15, 0.2) is 53.4 Å². The average molecular weight is 426 g/mol. The van der Waals surface area contributed by atoms with Gasteiger partial charge in [-0.1, -0.05) is 18.2 Å². The lowest BCUT2D eigenvalue weighted by Gasteiger charge is -2.21. The molecule has 156 valence electrons. The van der Waals surface area contributed by atoms with Gasteiger partial charge in [0.05, 0.1) is 4.91 Å². The molecule has 1 saturated heterocycles. The summed E-state index contributed by atoms with van der Waals surface area (Å²) in [7, 11) is 0. The van der Waals surface area contributed by atoms with Crippen LogP contribution in [0, 0.1) is 0 Å². The number of phenols is 1. The van der Waals surface area contributed by atoms with Crippen LogP contribution in [0.5, 0.6) is 5.75 Å². The molecule has 0 aliphatic carbocycles. The van der Waals surface area contributed by atoms with E-state index in [4.69, 9.17) is 0 Å². The molecule has 8 heteroatoms. The van der Waals surface area contributed by atoms with Crippen LogP contribution >= 0.6 is 11.8 Å². The number of aromatic hydroxyl groups is 1. The SMILES string of the molecule is CCN(CC)c1ccc(/C=C2\SC(=O)N(CC(=O)Nc3ccccc3)C2=O)c(O)c1. The fourth-order valence-electron chi connectivity index (χ4n) is 3.08. The number of para-hydroxylation sites is 1. The van der Waals surface area contributed by atoms with Crippen molar-refractivity contribution < 1.29 is 19.5 Å². The maximum Gasteiger partial charge on any atom is 0.294 e. The van der Waals surface area contributed by atoms with Gasteiger partial charge in [-0.2, -0.15) is 0 Å². The maximum atomic E-state index is 12.6. The van der Waals surface area contributed by atoms with Gasteiger partial charge >= 0.3 is 0 Å². The summed E-state index contributed by atoms with van der Waals surface area (Å²) in [6.45, 7) is 5.29. The predicted molar refractivity (Wildman–Crippen MR) is 119 cm³/mol. The minimum absolute atomic E-state index is 0.0213. The zero-order valence-corrected chi connectivity index (χ0v) is 17.6. The van der Waals surface area contributed by atoms with Crippen LogP contribution in [-0.2, 0) is 9.59 Å². The van der Waals surface area contributed by atoms with Gasteiger partial charge in [0.2, 0.25) is 5.91 Å². The number of nitrogens with zero attached hydrogens (tertiary/aromatic N) is 2. The highest BCUT2D eigenvalue weighted by molar-refractivity contribution is 8.18. The Morgan fingerprint density at radius 1 is 1.13 bits per heavy atom. The first kappa shape index (κ1) is 21.4. The van der Waals surface area contributed by atoms with Gasteiger partial charge in [0.1, 0.15) is 12.3 Å². The molecule has 30 heavy (non-hydrogen) atoms. The first-order chi connectivity index (χ1) is 14.4. The summed E-state index contributed by atoms with van der Waals surface area (Å²) in [5, 5.41) is 12.5. The van der Waals surface area contributed by atoms with E-state index in [0.717, 1.165) is 35.4 Å². The highest BCUT2D eigenvalue weighted by atomic mass is 32.2. The normalized spacial score (nSPS) is 15.0. The number of imide groups is 1. The lowest BCUT2D eigenvalue weighted by molar-refractivity contribution is -0.127. The molecule has 3 rings (SSSR count). The van der Waals surface area contributed by atoms with E-state index in [0.29, 0.717) is 11.3 Å². The molecule has 0 bridgehead atoms. The van der Waals surface area contributed by atoms with Gasteiger partial charge in [-0.3, -0.25) is 19.3 Å². The predicted octanol–water partition coefficient (Wildman–Crippen LogP) is 3.91. The highest BCUT2D eigenvalue weighted by Gasteiger charge is 2.36. The fraction of sp³-hybridized carbons (Fsp3) is 0.227. The van der Waals surface area contributed by atoms with E-state index < -0.39 is 17.1 Å². The van der Waals surface area contributed by atoms with Gasteiger partial charge in [-0.25, -0.2) is 0 Å². The number of carbonyl (C=O) groups is 3.